The number of aliphatic hydroxyl groups excluding tert-OH is 2. The quantitative estimate of drug-likeness (QED) is 0.345. The van der Waals surface area contributed by atoms with Crippen LogP contribution >= 0.6 is 0 Å². The van der Waals surface area contributed by atoms with Crippen molar-refractivity contribution in [2.24, 2.45) is 5.73 Å². The van der Waals surface area contributed by atoms with Gasteiger partial charge in [-0.2, -0.15) is 0 Å². The zero-order valence-corrected chi connectivity index (χ0v) is 15.0. The first-order valence-electron chi connectivity index (χ1n) is 9.69. The highest BCUT2D eigenvalue weighted by molar-refractivity contribution is 4.83. The maximum Gasteiger partial charge on any atom is 0.0448 e. The summed E-state index contributed by atoms with van der Waals surface area (Å²) in [5.74, 6) is 0. The molecule has 0 aromatic rings. The molecule has 0 atom stereocenters. The molecule has 4 N–H and O–H groups in total. The van der Waals surface area contributed by atoms with Gasteiger partial charge in [0.2, 0.25) is 0 Å². The fourth-order valence-corrected chi connectivity index (χ4v) is 3.14. The van der Waals surface area contributed by atoms with Gasteiger partial charge in [-0.05, 0) is 19.3 Å². The van der Waals surface area contributed by atoms with Gasteiger partial charge in [0.15, 0.2) is 0 Å². The molecule has 0 saturated carbocycles. The Morgan fingerprint density at radius 3 is 1.32 bits per heavy atom. The van der Waals surface area contributed by atoms with Crippen LogP contribution in [0.15, 0.2) is 0 Å². The first-order chi connectivity index (χ1) is 10.7. The van der Waals surface area contributed by atoms with Crippen molar-refractivity contribution in [3.63, 3.8) is 0 Å². The molecule has 0 amide bonds. The van der Waals surface area contributed by atoms with Crippen molar-refractivity contribution in [1.29, 1.82) is 0 Å². The third kappa shape index (κ3) is 13.5. The Morgan fingerprint density at radius 2 is 0.955 bits per heavy atom. The molecule has 0 aromatic heterocycles. The number of unbranched alkanes of at least 4 members (excludes halogenated alkanes) is 11. The van der Waals surface area contributed by atoms with E-state index in [0.29, 0.717) is 12.8 Å². The van der Waals surface area contributed by atoms with Crippen LogP contribution in [-0.2, 0) is 0 Å². The van der Waals surface area contributed by atoms with Crippen LogP contribution < -0.4 is 5.73 Å². The summed E-state index contributed by atoms with van der Waals surface area (Å²) in [6.07, 6.45) is 18.3. The zero-order valence-electron chi connectivity index (χ0n) is 15.0. The monoisotopic (exact) mass is 315 g/mol. The van der Waals surface area contributed by atoms with Crippen molar-refractivity contribution in [1.82, 2.24) is 0 Å². The van der Waals surface area contributed by atoms with Crippen molar-refractivity contribution < 1.29 is 10.2 Å². The van der Waals surface area contributed by atoms with Crippen molar-refractivity contribution in [2.75, 3.05) is 13.2 Å². The minimum absolute atomic E-state index is 0.120. The lowest BCUT2D eigenvalue weighted by atomic mass is 9.87. The molecule has 0 aliphatic heterocycles. The molecule has 0 aromatic carbocycles. The standard InChI is InChI=1S/C19H41NO2/c1-2-3-4-5-6-7-8-9-10-11-12-13-14-19(20,15-17-21)16-18-22/h21-22H,2-18,20H2,1H3. The lowest BCUT2D eigenvalue weighted by Crippen LogP contribution is -2.41. The van der Waals surface area contributed by atoms with E-state index in [2.05, 4.69) is 6.92 Å². The van der Waals surface area contributed by atoms with E-state index in [9.17, 15) is 0 Å². The molecule has 0 spiro atoms. The normalized spacial score (nSPS) is 12.0. The molecule has 0 heterocycles. The summed E-state index contributed by atoms with van der Waals surface area (Å²) >= 11 is 0. The third-order valence-electron chi connectivity index (χ3n) is 4.75. The fraction of sp³-hybridized carbons (Fsp3) is 1.00. The first-order valence-corrected chi connectivity index (χ1v) is 9.69. The number of aliphatic hydroxyl groups is 2. The largest absolute Gasteiger partial charge is 0.396 e. The van der Waals surface area contributed by atoms with Crippen molar-refractivity contribution in [2.45, 2.75) is 109 Å². The van der Waals surface area contributed by atoms with Crippen LogP contribution in [0.25, 0.3) is 0 Å². The summed E-state index contributed by atoms with van der Waals surface area (Å²) < 4.78 is 0. The van der Waals surface area contributed by atoms with E-state index in [4.69, 9.17) is 15.9 Å². The highest BCUT2D eigenvalue weighted by Crippen LogP contribution is 2.21. The lowest BCUT2D eigenvalue weighted by Gasteiger charge is -2.28. The molecule has 0 aliphatic carbocycles. The average molecular weight is 316 g/mol. The fourth-order valence-electron chi connectivity index (χ4n) is 3.14. The maximum atomic E-state index is 9.06. The predicted octanol–water partition coefficient (Wildman–Crippen LogP) is 4.54. The molecule has 134 valence electrons. The van der Waals surface area contributed by atoms with E-state index in [1.165, 1.54) is 70.6 Å². The molecular weight excluding hydrogens is 274 g/mol. The van der Waals surface area contributed by atoms with Gasteiger partial charge in [0.1, 0.15) is 0 Å². The molecule has 3 nitrogen and oxygen atoms in total. The van der Waals surface area contributed by atoms with Gasteiger partial charge in [0, 0.05) is 18.8 Å². The second-order valence-electron chi connectivity index (χ2n) is 6.95. The molecule has 0 rings (SSSR count). The van der Waals surface area contributed by atoms with Crippen molar-refractivity contribution >= 4 is 0 Å². The van der Waals surface area contributed by atoms with E-state index in [0.717, 1.165) is 12.8 Å². The van der Waals surface area contributed by atoms with Crippen LogP contribution in [0.4, 0.5) is 0 Å². The van der Waals surface area contributed by atoms with Gasteiger partial charge in [0.05, 0.1) is 0 Å². The Kier molecular flexibility index (Phi) is 15.7. The summed E-state index contributed by atoms with van der Waals surface area (Å²) in [7, 11) is 0. The predicted molar refractivity (Wildman–Crippen MR) is 96.0 cm³/mol. The van der Waals surface area contributed by atoms with Crippen LogP contribution in [-0.4, -0.2) is 29.0 Å². The van der Waals surface area contributed by atoms with E-state index in [-0.39, 0.29) is 18.8 Å². The summed E-state index contributed by atoms with van der Waals surface area (Å²) in [5, 5.41) is 18.1. The van der Waals surface area contributed by atoms with Crippen LogP contribution in [0.1, 0.15) is 103 Å². The highest BCUT2D eigenvalue weighted by atomic mass is 16.3. The molecule has 0 aliphatic rings. The van der Waals surface area contributed by atoms with E-state index in [1.807, 2.05) is 0 Å². The van der Waals surface area contributed by atoms with Crippen LogP contribution in [0.5, 0.6) is 0 Å². The Balaban J connectivity index is 3.34. The second-order valence-corrected chi connectivity index (χ2v) is 6.95. The molecule has 3 heteroatoms. The summed E-state index contributed by atoms with van der Waals surface area (Å²) in [4.78, 5) is 0. The maximum absolute atomic E-state index is 9.06. The molecule has 22 heavy (non-hydrogen) atoms. The van der Waals surface area contributed by atoms with Gasteiger partial charge in [-0.25, -0.2) is 0 Å². The van der Waals surface area contributed by atoms with Crippen LogP contribution in [0, 0.1) is 0 Å². The highest BCUT2D eigenvalue weighted by Gasteiger charge is 2.22. The number of nitrogens with two attached hydrogens (primary N) is 1. The lowest BCUT2D eigenvalue weighted by molar-refractivity contribution is 0.183. The third-order valence-corrected chi connectivity index (χ3v) is 4.75. The van der Waals surface area contributed by atoms with Gasteiger partial charge in [-0.1, -0.05) is 84.0 Å². The summed E-state index contributed by atoms with van der Waals surface area (Å²) in [5.41, 5.74) is 5.87. The Labute approximate surface area is 138 Å². The SMILES string of the molecule is CCCCCCCCCCCCCCC(N)(CCO)CCO. The minimum atomic E-state index is -0.359. The Hall–Kier alpha value is -0.120. The van der Waals surface area contributed by atoms with Gasteiger partial charge >= 0.3 is 0 Å². The van der Waals surface area contributed by atoms with Crippen LogP contribution in [0.3, 0.4) is 0 Å². The molecule has 0 bridgehead atoms. The number of rotatable bonds is 17. The van der Waals surface area contributed by atoms with Crippen molar-refractivity contribution in [3.05, 3.63) is 0 Å². The molecule has 0 fully saturated rings. The van der Waals surface area contributed by atoms with Crippen LogP contribution in [0.2, 0.25) is 0 Å². The van der Waals surface area contributed by atoms with Gasteiger partial charge in [-0.15, -0.1) is 0 Å². The Morgan fingerprint density at radius 1 is 0.591 bits per heavy atom. The Bertz CT molecular complexity index is 215. The van der Waals surface area contributed by atoms with Gasteiger partial charge in [0.25, 0.3) is 0 Å². The first kappa shape index (κ1) is 21.9. The molecule has 0 unspecified atom stereocenters. The number of hydrogen-bond acceptors (Lipinski definition) is 3. The molecule has 0 saturated heterocycles. The second kappa shape index (κ2) is 15.8. The van der Waals surface area contributed by atoms with Crippen molar-refractivity contribution in [3.8, 4) is 0 Å². The topological polar surface area (TPSA) is 66.5 Å². The van der Waals surface area contributed by atoms with E-state index >= 15 is 0 Å². The average Bonchev–Trinajstić information content (AvgIpc) is 2.49. The van der Waals surface area contributed by atoms with Gasteiger partial charge in [-0.3, -0.25) is 0 Å². The molecule has 0 radical (unpaired) electrons. The smallest absolute Gasteiger partial charge is 0.0448 e. The van der Waals surface area contributed by atoms with Gasteiger partial charge < -0.3 is 15.9 Å². The zero-order chi connectivity index (χ0) is 16.5. The molecular formula is C19H41NO2. The van der Waals surface area contributed by atoms with E-state index in [1.54, 1.807) is 0 Å². The summed E-state index contributed by atoms with van der Waals surface area (Å²) in [6.45, 7) is 2.51. The van der Waals surface area contributed by atoms with E-state index < -0.39 is 0 Å². The summed E-state index contributed by atoms with van der Waals surface area (Å²) in [6, 6.07) is 0. The number of hydrogen-bond donors (Lipinski definition) is 3. The minimum Gasteiger partial charge on any atom is -0.396 e.